The monoisotopic (exact) mass is 386 g/mol. The maximum atomic E-state index is 12.2. The first kappa shape index (κ1) is 20.4. The van der Waals surface area contributed by atoms with Crippen molar-refractivity contribution in [1.82, 2.24) is 4.90 Å². The van der Waals surface area contributed by atoms with Gasteiger partial charge in [-0.25, -0.2) is 0 Å². The number of hydrogen-bond donors (Lipinski definition) is 1. The van der Waals surface area contributed by atoms with Crippen LogP contribution in [0.4, 0.5) is 11.4 Å². The molecule has 0 radical (unpaired) electrons. The molecular formula is C19H19ClN4O3. The largest absolute Gasteiger partial charge is 0.326 e. The van der Waals surface area contributed by atoms with E-state index < -0.39 is 4.92 Å². The third kappa shape index (κ3) is 5.51. The van der Waals surface area contributed by atoms with Crippen LogP contribution in [0.1, 0.15) is 30.5 Å². The number of non-ortho nitro benzene ring substituents is 1. The van der Waals surface area contributed by atoms with Gasteiger partial charge >= 0.3 is 0 Å². The lowest BCUT2D eigenvalue weighted by Crippen LogP contribution is -2.27. The summed E-state index contributed by atoms with van der Waals surface area (Å²) in [6.45, 7) is 2.40. The third-order valence-corrected chi connectivity index (χ3v) is 4.60. The van der Waals surface area contributed by atoms with E-state index in [1.165, 1.54) is 12.1 Å². The average Bonchev–Trinajstić information content (AvgIpc) is 2.65. The van der Waals surface area contributed by atoms with Crippen molar-refractivity contribution in [2.24, 2.45) is 0 Å². The number of nitrogens with one attached hydrogen (secondary N) is 1. The molecule has 8 heteroatoms. The Morgan fingerprint density at radius 2 is 2.11 bits per heavy atom. The number of benzene rings is 2. The number of nitro groups is 1. The molecule has 0 bridgehead atoms. The molecular weight excluding hydrogens is 368 g/mol. The Labute approximate surface area is 162 Å². The van der Waals surface area contributed by atoms with Gasteiger partial charge in [0.15, 0.2) is 0 Å². The smallest absolute Gasteiger partial charge is 0.269 e. The van der Waals surface area contributed by atoms with E-state index in [9.17, 15) is 14.9 Å². The van der Waals surface area contributed by atoms with Crippen molar-refractivity contribution in [2.45, 2.75) is 19.4 Å². The molecule has 2 aromatic rings. The second-order valence-corrected chi connectivity index (χ2v) is 6.52. The van der Waals surface area contributed by atoms with Crippen LogP contribution in [0.5, 0.6) is 0 Å². The zero-order chi connectivity index (χ0) is 20.0. The zero-order valence-corrected chi connectivity index (χ0v) is 15.7. The lowest BCUT2D eigenvalue weighted by atomic mass is 10.1. The summed E-state index contributed by atoms with van der Waals surface area (Å²) in [5.41, 5.74) is 1.73. The highest BCUT2D eigenvalue weighted by Gasteiger charge is 2.16. The van der Waals surface area contributed by atoms with Crippen LogP contribution in [0.2, 0.25) is 5.02 Å². The summed E-state index contributed by atoms with van der Waals surface area (Å²) in [7, 11) is 1.86. The predicted octanol–water partition coefficient (Wildman–Crippen LogP) is 4.14. The van der Waals surface area contributed by atoms with Gasteiger partial charge in [0, 0.05) is 36.8 Å². The highest BCUT2D eigenvalue weighted by molar-refractivity contribution is 6.32. The van der Waals surface area contributed by atoms with Gasteiger partial charge in [0.1, 0.15) is 6.07 Å². The first-order chi connectivity index (χ1) is 12.8. The average molecular weight is 387 g/mol. The fourth-order valence-electron chi connectivity index (χ4n) is 2.53. The summed E-state index contributed by atoms with van der Waals surface area (Å²) in [4.78, 5) is 24.6. The first-order valence-corrected chi connectivity index (χ1v) is 8.63. The quantitative estimate of drug-likeness (QED) is 0.569. The SMILES string of the molecule is CC(c1cccc([N+](=O)[O-])c1)N(C)CCC(=O)Nc1ccc(C#N)c(Cl)c1. The van der Waals surface area contributed by atoms with Gasteiger partial charge in [0.05, 0.1) is 15.5 Å². The zero-order valence-electron chi connectivity index (χ0n) is 15.0. The molecule has 1 N–H and O–H groups in total. The highest BCUT2D eigenvalue weighted by Crippen LogP contribution is 2.23. The van der Waals surface area contributed by atoms with Gasteiger partial charge in [-0.15, -0.1) is 0 Å². The molecule has 1 amide bonds. The Morgan fingerprint density at radius 3 is 2.74 bits per heavy atom. The Kier molecular flexibility index (Phi) is 6.88. The maximum absolute atomic E-state index is 12.2. The first-order valence-electron chi connectivity index (χ1n) is 8.26. The van der Waals surface area contributed by atoms with Crippen molar-refractivity contribution in [3.63, 3.8) is 0 Å². The second kappa shape index (κ2) is 9.12. The Morgan fingerprint density at radius 1 is 1.37 bits per heavy atom. The van der Waals surface area contributed by atoms with Crippen molar-refractivity contribution >= 4 is 28.9 Å². The van der Waals surface area contributed by atoms with Crippen molar-refractivity contribution in [2.75, 3.05) is 18.9 Å². The number of nitriles is 1. The van der Waals surface area contributed by atoms with E-state index in [4.69, 9.17) is 16.9 Å². The van der Waals surface area contributed by atoms with Crippen LogP contribution < -0.4 is 5.32 Å². The lowest BCUT2D eigenvalue weighted by molar-refractivity contribution is -0.384. The summed E-state index contributed by atoms with van der Waals surface area (Å²) in [5.74, 6) is -0.186. The summed E-state index contributed by atoms with van der Waals surface area (Å²) < 4.78 is 0. The molecule has 2 rings (SSSR count). The highest BCUT2D eigenvalue weighted by atomic mass is 35.5. The molecule has 0 aliphatic rings. The third-order valence-electron chi connectivity index (χ3n) is 4.29. The Balaban J connectivity index is 1.92. The molecule has 7 nitrogen and oxygen atoms in total. The molecule has 1 atom stereocenters. The van der Waals surface area contributed by atoms with Crippen LogP contribution >= 0.6 is 11.6 Å². The van der Waals surface area contributed by atoms with Crippen molar-refractivity contribution in [3.05, 3.63) is 68.7 Å². The van der Waals surface area contributed by atoms with Gasteiger partial charge in [0.25, 0.3) is 5.69 Å². The van der Waals surface area contributed by atoms with E-state index in [1.54, 1.807) is 24.3 Å². The molecule has 1 unspecified atom stereocenters. The minimum absolute atomic E-state index is 0.0446. The molecule has 0 aromatic heterocycles. The number of carbonyl (C=O) groups excluding carboxylic acids is 1. The number of hydrogen-bond acceptors (Lipinski definition) is 5. The summed E-state index contributed by atoms with van der Waals surface area (Å²) in [5, 5.41) is 22.8. The number of carbonyl (C=O) groups is 1. The number of anilines is 1. The van der Waals surface area contributed by atoms with Crippen LogP contribution in [-0.4, -0.2) is 29.3 Å². The predicted molar refractivity (Wildman–Crippen MR) is 104 cm³/mol. The summed E-state index contributed by atoms with van der Waals surface area (Å²) in [6, 6.07) is 13.1. The molecule has 0 aliphatic heterocycles. The number of rotatable bonds is 7. The van der Waals surface area contributed by atoms with E-state index in [-0.39, 0.29) is 29.1 Å². The van der Waals surface area contributed by atoms with Crippen LogP contribution in [0.15, 0.2) is 42.5 Å². The molecule has 140 valence electrons. The molecule has 0 spiro atoms. The molecule has 0 heterocycles. The van der Waals surface area contributed by atoms with Gasteiger partial charge in [-0.1, -0.05) is 23.7 Å². The van der Waals surface area contributed by atoms with Crippen molar-refractivity contribution in [1.29, 1.82) is 5.26 Å². The maximum Gasteiger partial charge on any atom is 0.269 e. The Bertz CT molecular complexity index is 895. The standard InChI is InChI=1S/C19H19ClN4O3/c1-13(14-4-3-5-17(10-14)24(26)27)23(2)9-8-19(25)22-16-7-6-15(12-21)18(20)11-16/h3-7,10-11,13H,8-9H2,1-2H3,(H,22,25). The van der Waals surface area contributed by atoms with E-state index in [2.05, 4.69) is 5.32 Å². The molecule has 0 aliphatic carbocycles. The van der Waals surface area contributed by atoms with Gasteiger partial charge in [-0.2, -0.15) is 5.26 Å². The minimum atomic E-state index is -0.424. The van der Waals surface area contributed by atoms with Crippen LogP contribution in [-0.2, 0) is 4.79 Å². The van der Waals surface area contributed by atoms with Gasteiger partial charge in [-0.3, -0.25) is 19.8 Å². The summed E-state index contributed by atoms with van der Waals surface area (Å²) >= 11 is 5.95. The fraction of sp³-hybridized carbons (Fsp3) is 0.263. The van der Waals surface area contributed by atoms with E-state index in [0.717, 1.165) is 5.56 Å². The van der Waals surface area contributed by atoms with Gasteiger partial charge in [0.2, 0.25) is 5.91 Å². The van der Waals surface area contributed by atoms with Gasteiger partial charge < -0.3 is 5.32 Å². The van der Waals surface area contributed by atoms with E-state index in [1.807, 2.05) is 31.0 Å². The minimum Gasteiger partial charge on any atom is -0.326 e. The van der Waals surface area contributed by atoms with Crippen LogP contribution in [0, 0.1) is 21.4 Å². The van der Waals surface area contributed by atoms with Crippen LogP contribution in [0.3, 0.4) is 0 Å². The van der Waals surface area contributed by atoms with Crippen LogP contribution in [0.25, 0.3) is 0 Å². The molecule has 0 saturated carbocycles. The van der Waals surface area contributed by atoms with E-state index in [0.29, 0.717) is 17.8 Å². The Hall–Kier alpha value is -2.95. The number of nitrogens with zero attached hydrogens (tertiary/aromatic N) is 3. The number of nitro benzene ring substituents is 1. The van der Waals surface area contributed by atoms with E-state index >= 15 is 0 Å². The number of halogens is 1. The lowest BCUT2D eigenvalue weighted by Gasteiger charge is -2.24. The summed E-state index contributed by atoms with van der Waals surface area (Å²) in [6.07, 6.45) is 0.243. The molecule has 2 aromatic carbocycles. The second-order valence-electron chi connectivity index (χ2n) is 6.11. The molecule has 27 heavy (non-hydrogen) atoms. The normalized spacial score (nSPS) is 11.7. The molecule has 0 saturated heterocycles. The van der Waals surface area contributed by atoms with Gasteiger partial charge in [-0.05, 0) is 37.7 Å². The van der Waals surface area contributed by atoms with Crippen molar-refractivity contribution in [3.8, 4) is 6.07 Å². The fourth-order valence-corrected chi connectivity index (χ4v) is 2.75. The van der Waals surface area contributed by atoms with Crippen molar-refractivity contribution < 1.29 is 9.72 Å². The number of amides is 1. The molecule has 0 fully saturated rings. The topological polar surface area (TPSA) is 99.3 Å².